The van der Waals surface area contributed by atoms with Gasteiger partial charge in [-0.05, 0) is 43.7 Å². The van der Waals surface area contributed by atoms with E-state index in [1.54, 1.807) is 10.7 Å². The van der Waals surface area contributed by atoms with Gasteiger partial charge in [-0.3, -0.25) is 4.98 Å². The average Bonchev–Trinajstić information content (AvgIpc) is 3.28. The van der Waals surface area contributed by atoms with Gasteiger partial charge in [0.1, 0.15) is 17.7 Å². The van der Waals surface area contributed by atoms with Gasteiger partial charge in [-0.25, -0.2) is 14.1 Å². The molecule has 7 heteroatoms. The smallest absolute Gasteiger partial charge is 0.141 e. The Morgan fingerprint density at radius 2 is 1.77 bits per heavy atom. The van der Waals surface area contributed by atoms with Crippen molar-refractivity contribution in [3.8, 4) is 11.3 Å². The molecule has 0 aliphatic rings. The highest BCUT2D eigenvalue weighted by Crippen LogP contribution is 2.33. The number of benzene rings is 2. The van der Waals surface area contributed by atoms with Crippen molar-refractivity contribution in [3.05, 3.63) is 95.5 Å². The molecule has 0 spiro atoms. The lowest BCUT2D eigenvalue weighted by Crippen LogP contribution is -2.15. The van der Waals surface area contributed by atoms with Gasteiger partial charge in [-0.15, -0.1) is 5.10 Å². The number of aromatic nitrogens is 6. The first-order valence-corrected chi connectivity index (χ1v) is 10.0. The van der Waals surface area contributed by atoms with E-state index in [-0.39, 0.29) is 11.9 Å². The molecular formula is C24H21FN6. The van der Waals surface area contributed by atoms with Crippen LogP contribution in [0.4, 0.5) is 4.39 Å². The van der Waals surface area contributed by atoms with Gasteiger partial charge in [0.15, 0.2) is 0 Å². The van der Waals surface area contributed by atoms with Crippen LogP contribution in [-0.4, -0.2) is 29.5 Å². The summed E-state index contributed by atoms with van der Waals surface area (Å²) in [5.41, 5.74) is 6.49. The highest BCUT2D eigenvalue weighted by atomic mass is 19.1. The Kier molecular flexibility index (Phi) is 4.58. The number of rotatable bonds is 4. The molecule has 0 N–H and O–H groups in total. The third kappa shape index (κ3) is 3.28. The summed E-state index contributed by atoms with van der Waals surface area (Å²) in [7, 11) is 1.89. The number of aryl methyl sites for hydroxylation is 3. The van der Waals surface area contributed by atoms with Crippen molar-refractivity contribution in [1.82, 2.24) is 29.5 Å². The Morgan fingerprint density at radius 1 is 0.968 bits per heavy atom. The zero-order valence-corrected chi connectivity index (χ0v) is 17.5. The molecule has 2 aromatic carbocycles. The van der Waals surface area contributed by atoms with Gasteiger partial charge in [-0.2, -0.15) is 0 Å². The van der Waals surface area contributed by atoms with Gasteiger partial charge in [0.25, 0.3) is 0 Å². The number of fused-ring (bicyclic) bond motifs is 1. The predicted octanol–water partition coefficient (Wildman–Crippen LogP) is 4.62. The number of imidazole rings is 1. The monoisotopic (exact) mass is 412 g/mol. The SMILES string of the molecule is Cc1nnn(C)c1-c1ccc2nc(C)n([C@@H](c3ccccc3)c3ccc(F)cn3)c2c1. The van der Waals surface area contributed by atoms with E-state index in [4.69, 9.17) is 4.98 Å². The van der Waals surface area contributed by atoms with Crippen molar-refractivity contribution in [1.29, 1.82) is 0 Å². The zero-order chi connectivity index (χ0) is 21.5. The van der Waals surface area contributed by atoms with Crippen molar-refractivity contribution in [2.75, 3.05) is 0 Å². The van der Waals surface area contributed by atoms with E-state index in [1.165, 1.54) is 12.3 Å². The maximum absolute atomic E-state index is 13.6. The van der Waals surface area contributed by atoms with Crippen LogP contribution in [0.15, 0.2) is 66.9 Å². The third-order valence-corrected chi connectivity index (χ3v) is 5.54. The Hall–Kier alpha value is -3.87. The molecule has 3 heterocycles. The summed E-state index contributed by atoms with van der Waals surface area (Å²) < 4.78 is 17.6. The lowest BCUT2D eigenvalue weighted by molar-refractivity contribution is 0.607. The van der Waals surface area contributed by atoms with Crippen molar-refractivity contribution in [2.24, 2.45) is 7.05 Å². The second-order valence-electron chi connectivity index (χ2n) is 7.59. The number of hydrogen-bond donors (Lipinski definition) is 0. The maximum Gasteiger partial charge on any atom is 0.141 e. The molecule has 5 aromatic rings. The number of halogens is 1. The molecule has 31 heavy (non-hydrogen) atoms. The Labute approximate surface area is 179 Å². The molecule has 3 aromatic heterocycles. The minimum atomic E-state index is -0.357. The minimum Gasteiger partial charge on any atom is -0.315 e. The second-order valence-corrected chi connectivity index (χ2v) is 7.59. The van der Waals surface area contributed by atoms with Gasteiger partial charge in [-0.1, -0.05) is 41.6 Å². The number of pyridine rings is 1. The van der Waals surface area contributed by atoms with Gasteiger partial charge < -0.3 is 4.57 Å². The average molecular weight is 412 g/mol. The molecule has 0 saturated heterocycles. The lowest BCUT2D eigenvalue weighted by Gasteiger charge is -2.21. The van der Waals surface area contributed by atoms with Gasteiger partial charge in [0, 0.05) is 12.6 Å². The van der Waals surface area contributed by atoms with Crippen LogP contribution >= 0.6 is 0 Å². The fourth-order valence-corrected chi connectivity index (χ4v) is 4.18. The van der Waals surface area contributed by atoms with E-state index in [0.29, 0.717) is 0 Å². The molecule has 0 unspecified atom stereocenters. The molecule has 1 atom stereocenters. The zero-order valence-electron chi connectivity index (χ0n) is 17.5. The molecule has 0 saturated carbocycles. The van der Waals surface area contributed by atoms with Crippen LogP contribution in [-0.2, 0) is 7.05 Å². The van der Waals surface area contributed by atoms with Crippen LogP contribution in [0.2, 0.25) is 0 Å². The molecule has 6 nitrogen and oxygen atoms in total. The molecular weight excluding hydrogens is 391 g/mol. The summed E-state index contributed by atoms with van der Waals surface area (Å²) in [5.74, 6) is 0.497. The Balaban J connectivity index is 1.77. The first-order chi connectivity index (χ1) is 15.0. The summed E-state index contributed by atoms with van der Waals surface area (Å²) in [4.78, 5) is 9.20. The maximum atomic E-state index is 13.6. The van der Waals surface area contributed by atoms with Crippen molar-refractivity contribution in [3.63, 3.8) is 0 Å². The quantitative estimate of drug-likeness (QED) is 0.432. The van der Waals surface area contributed by atoms with Crippen LogP contribution in [0.5, 0.6) is 0 Å². The fraction of sp³-hybridized carbons (Fsp3) is 0.167. The van der Waals surface area contributed by atoms with Gasteiger partial charge in [0.05, 0.1) is 34.3 Å². The summed E-state index contributed by atoms with van der Waals surface area (Å²) in [6.45, 7) is 3.93. The molecule has 0 aliphatic carbocycles. The lowest BCUT2D eigenvalue weighted by atomic mass is 10.0. The van der Waals surface area contributed by atoms with E-state index in [1.807, 2.05) is 51.2 Å². The van der Waals surface area contributed by atoms with Gasteiger partial charge in [0.2, 0.25) is 0 Å². The molecule has 0 bridgehead atoms. The molecule has 0 amide bonds. The third-order valence-electron chi connectivity index (χ3n) is 5.54. The van der Waals surface area contributed by atoms with Crippen molar-refractivity contribution >= 4 is 11.0 Å². The molecule has 0 radical (unpaired) electrons. The summed E-state index contributed by atoms with van der Waals surface area (Å²) >= 11 is 0. The number of nitrogens with zero attached hydrogens (tertiary/aromatic N) is 6. The van der Waals surface area contributed by atoms with Crippen LogP contribution in [0.1, 0.15) is 28.8 Å². The van der Waals surface area contributed by atoms with E-state index in [9.17, 15) is 4.39 Å². The van der Waals surface area contributed by atoms with E-state index >= 15 is 0 Å². The molecule has 5 rings (SSSR count). The summed E-state index contributed by atoms with van der Waals surface area (Å²) in [6, 6.07) is 19.2. The van der Waals surface area contributed by atoms with E-state index < -0.39 is 0 Å². The van der Waals surface area contributed by atoms with Crippen LogP contribution in [0.3, 0.4) is 0 Å². The largest absolute Gasteiger partial charge is 0.315 e. The fourth-order valence-electron chi connectivity index (χ4n) is 4.18. The highest BCUT2D eigenvalue weighted by molar-refractivity contribution is 5.83. The molecule has 0 aliphatic heterocycles. The van der Waals surface area contributed by atoms with Crippen LogP contribution < -0.4 is 0 Å². The molecule has 0 fully saturated rings. The standard InChI is InChI=1S/C24H21FN6/c1-15-23(30(3)29-28-15)18-9-11-20-22(13-18)31(16(2)27-20)24(17-7-5-4-6-8-17)21-12-10-19(25)14-26-21/h4-14,24H,1-3H3/t24-/m0/s1. The van der Waals surface area contributed by atoms with Crippen molar-refractivity contribution in [2.45, 2.75) is 19.9 Å². The van der Waals surface area contributed by atoms with Gasteiger partial charge >= 0.3 is 0 Å². The normalized spacial score (nSPS) is 12.4. The first-order valence-electron chi connectivity index (χ1n) is 10.0. The van der Waals surface area contributed by atoms with E-state index in [0.717, 1.165) is 45.1 Å². The minimum absolute atomic E-state index is 0.243. The van der Waals surface area contributed by atoms with Crippen LogP contribution in [0, 0.1) is 19.7 Å². The van der Waals surface area contributed by atoms with Crippen LogP contribution in [0.25, 0.3) is 22.3 Å². The predicted molar refractivity (Wildman–Crippen MR) is 117 cm³/mol. The number of hydrogen-bond acceptors (Lipinski definition) is 4. The Morgan fingerprint density at radius 3 is 2.45 bits per heavy atom. The Bertz CT molecular complexity index is 1350. The highest BCUT2D eigenvalue weighted by Gasteiger charge is 2.23. The summed E-state index contributed by atoms with van der Waals surface area (Å²) in [6.07, 6.45) is 1.26. The van der Waals surface area contributed by atoms with Crippen molar-refractivity contribution < 1.29 is 4.39 Å². The second kappa shape index (κ2) is 7.43. The topological polar surface area (TPSA) is 61.4 Å². The van der Waals surface area contributed by atoms with E-state index in [2.05, 4.69) is 38.1 Å². The summed E-state index contributed by atoms with van der Waals surface area (Å²) in [5, 5.41) is 8.32. The molecule has 154 valence electrons. The first kappa shape index (κ1) is 19.1.